The summed E-state index contributed by atoms with van der Waals surface area (Å²) in [5.74, 6) is 0.597. The number of thiazole rings is 1. The predicted octanol–water partition coefficient (Wildman–Crippen LogP) is 6.59. The van der Waals surface area contributed by atoms with Crippen LogP contribution < -0.4 is 15.4 Å². The molecule has 6 nitrogen and oxygen atoms in total. The van der Waals surface area contributed by atoms with Gasteiger partial charge in [0.05, 0.1) is 16.4 Å². The minimum Gasteiger partial charge on any atom is -0.496 e. The normalized spacial score (nSPS) is 16.3. The van der Waals surface area contributed by atoms with Crippen LogP contribution in [0.15, 0.2) is 72.1 Å². The number of nitrogens with one attached hydrogen (secondary N) is 2. The number of nitrogens with zero attached hydrogens (tertiary/aromatic N) is 1. The zero-order valence-corrected chi connectivity index (χ0v) is 22.7. The fraction of sp³-hybridized carbons (Fsp3) is 0.179. The Morgan fingerprint density at radius 2 is 1.89 bits per heavy atom. The van der Waals surface area contributed by atoms with Gasteiger partial charge in [0.25, 0.3) is 5.91 Å². The number of hydrogen-bond acceptors (Lipinski definition) is 5. The van der Waals surface area contributed by atoms with Crippen LogP contribution in [-0.2, 0) is 11.2 Å². The lowest BCUT2D eigenvalue weighted by Crippen LogP contribution is -2.25. The highest BCUT2D eigenvalue weighted by molar-refractivity contribution is 14.1. The molecule has 0 saturated carbocycles. The molecule has 0 radical (unpaired) electrons. The van der Waals surface area contributed by atoms with E-state index in [-0.39, 0.29) is 23.7 Å². The number of aromatic nitrogens is 1. The molecule has 1 aliphatic rings. The molecule has 0 spiro atoms. The number of rotatable bonds is 6. The number of fused-ring (bicyclic) bond motifs is 1. The third-order valence-electron chi connectivity index (χ3n) is 6.49. The van der Waals surface area contributed by atoms with E-state index in [0.29, 0.717) is 22.1 Å². The van der Waals surface area contributed by atoms with Crippen LogP contribution in [0, 0.1) is 9.49 Å². The van der Waals surface area contributed by atoms with Crippen LogP contribution in [0.2, 0.25) is 0 Å². The standard InChI is InChI=1S/C28H24IN3O3S/c1-16-21-9-4-3-6-17(21)13-22(16)27(34)32-28-31-24(15-36-28)18-7-5-8-19(12-18)26(33)30-20-10-11-25(35-2)23(29)14-20/h3-12,14-16,22H,13H2,1-2H3,(H,30,33)(H,31,32,34)/t16-,22-/m1/s1. The lowest BCUT2D eigenvalue weighted by Gasteiger charge is -2.14. The van der Waals surface area contributed by atoms with Gasteiger partial charge < -0.3 is 15.4 Å². The third-order valence-corrected chi connectivity index (χ3v) is 8.09. The molecule has 2 amide bonds. The quantitative estimate of drug-likeness (QED) is 0.242. The zero-order valence-electron chi connectivity index (χ0n) is 19.7. The molecule has 8 heteroatoms. The number of amides is 2. The van der Waals surface area contributed by atoms with Gasteiger partial charge in [0.15, 0.2) is 5.13 Å². The molecule has 2 N–H and O–H groups in total. The Labute approximate surface area is 227 Å². The minimum atomic E-state index is -0.212. The summed E-state index contributed by atoms with van der Waals surface area (Å²) in [6, 6.07) is 21.0. The highest BCUT2D eigenvalue weighted by Gasteiger charge is 2.34. The Bertz CT molecular complexity index is 1450. The Morgan fingerprint density at radius 3 is 2.67 bits per heavy atom. The molecule has 2 atom stereocenters. The van der Waals surface area contributed by atoms with E-state index < -0.39 is 0 Å². The van der Waals surface area contributed by atoms with Crippen LogP contribution in [0.5, 0.6) is 5.75 Å². The second-order valence-corrected chi connectivity index (χ2v) is 10.7. The summed E-state index contributed by atoms with van der Waals surface area (Å²) in [7, 11) is 1.62. The number of halogens is 1. The Hall–Kier alpha value is -3.24. The van der Waals surface area contributed by atoms with Crippen molar-refractivity contribution in [2.24, 2.45) is 5.92 Å². The van der Waals surface area contributed by atoms with Gasteiger partial charge in [-0.15, -0.1) is 11.3 Å². The SMILES string of the molecule is COc1ccc(NC(=O)c2cccc(-c3csc(NC(=O)[C@@H]4Cc5ccccc5[C@H]4C)n3)c2)cc1I. The molecule has 182 valence electrons. The predicted molar refractivity (Wildman–Crippen MR) is 152 cm³/mol. The van der Waals surface area contributed by atoms with E-state index >= 15 is 0 Å². The van der Waals surface area contributed by atoms with Crippen LogP contribution in [0.4, 0.5) is 10.8 Å². The number of anilines is 2. The first kappa shape index (κ1) is 24.5. The first-order valence-corrected chi connectivity index (χ1v) is 13.5. The summed E-state index contributed by atoms with van der Waals surface area (Å²) in [5.41, 5.74) is 5.23. The Morgan fingerprint density at radius 1 is 1.06 bits per heavy atom. The summed E-state index contributed by atoms with van der Waals surface area (Å²) in [5, 5.41) is 8.38. The number of benzene rings is 3. The molecule has 1 heterocycles. The van der Waals surface area contributed by atoms with Gasteiger partial charge in [0.1, 0.15) is 5.75 Å². The van der Waals surface area contributed by atoms with Gasteiger partial charge in [-0.25, -0.2) is 4.98 Å². The molecule has 0 aliphatic heterocycles. The largest absolute Gasteiger partial charge is 0.496 e. The van der Waals surface area contributed by atoms with Gasteiger partial charge in [-0.1, -0.05) is 43.3 Å². The van der Waals surface area contributed by atoms with Crippen molar-refractivity contribution in [1.29, 1.82) is 0 Å². The summed E-state index contributed by atoms with van der Waals surface area (Å²) in [6.45, 7) is 2.10. The molecule has 1 aromatic heterocycles. The molecule has 5 rings (SSSR count). The second-order valence-electron chi connectivity index (χ2n) is 8.71. The summed E-state index contributed by atoms with van der Waals surface area (Å²) < 4.78 is 6.19. The van der Waals surface area contributed by atoms with Crippen molar-refractivity contribution in [3.8, 4) is 17.0 Å². The molecule has 4 aromatic rings. The average molecular weight is 609 g/mol. The van der Waals surface area contributed by atoms with Crippen LogP contribution in [-0.4, -0.2) is 23.9 Å². The Balaban J connectivity index is 1.27. The maximum absolute atomic E-state index is 13.0. The first-order valence-electron chi connectivity index (χ1n) is 11.5. The first-order chi connectivity index (χ1) is 17.4. The van der Waals surface area contributed by atoms with Crippen molar-refractivity contribution in [3.05, 3.63) is 92.4 Å². The molecule has 36 heavy (non-hydrogen) atoms. The number of methoxy groups -OCH3 is 1. The maximum Gasteiger partial charge on any atom is 0.255 e. The molecule has 0 saturated heterocycles. The van der Waals surface area contributed by atoms with E-state index in [2.05, 4.69) is 57.3 Å². The molecule has 0 bridgehead atoms. The van der Waals surface area contributed by atoms with Crippen molar-refractivity contribution < 1.29 is 14.3 Å². The van der Waals surface area contributed by atoms with Crippen LogP contribution in [0.3, 0.4) is 0 Å². The molecule has 1 aliphatic carbocycles. The van der Waals surface area contributed by atoms with E-state index in [4.69, 9.17) is 4.74 Å². The van der Waals surface area contributed by atoms with E-state index in [0.717, 1.165) is 21.3 Å². The average Bonchev–Trinajstić information content (AvgIpc) is 3.49. The van der Waals surface area contributed by atoms with Crippen molar-refractivity contribution >= 4 is 56.6 Å². The van der Waals surface area contributed by atoms with Gasteiger partial charge in [0.2, 0.25) is 5.91 Å². The zero-order chi connectivity index (χ0) is 25.2. The van der Waals surface area contributed by atoms with Crippen LogP contribution in [0.1, 0.15) is 34.3 Å². The van der Waals surface area contributed by atoms with Gasteiger partial charge in [-0.3, -0.25) is 9.59 Å². The highest BCUT2D eigenvalue weighted by atomic mass is 127. The monoisotopic (exact) mass is 609 g/mol. The molecule has 3 aromatic carbocycles. The van der Waals surface area contributed by atoms with Gasteiger partial charge >= 0.3 is 0 Å². The molecule has 0 unspecified atom stereocenters. The van der Waals surface area contributed by atoms with E-state index in [1.807, 2.05) is 47.8 Å². The second kappa shape index (κ2) is 10.4. The summed E-state index contributed by atoms with van der Waals surface area (Å²) >= 11 is 3.55. The highest BCUT2D eigenvalue weighted by Crippen LogP contribution is 2.38. The number of carbonyl (C=O) groups is 2. The number of carbonyl (C=O) groups excluding carboxylic acids is 2. The van der Waals surface area contributed by atoms with Gasteiger partial charge in [-0.2, -0.15) is 0 Å². The smallest absolute Gasteiger partial charge is 0.255 e. The van der Waals surface area contributed by atoms with Crippen molar-refractivity contribution in [2.45, 2.75) is 19.3 Å². The lowest BCUT2D eigenvalue weighted by atomic mass is 9.94. The van der Waals surface area contributed by atoms with Crippen molar-refractivity contribution in [1.82, 2.24) is 4.98 Å². The topological polar surface area (TPSA) is 80.3 Å². The fourth-order valence-corrected chi connectivity index (χ4v) is 6.00. The number of ether oxygens (including phenoxy) is 1. The van der Waals surface area contributed by atoms with Crippen molar-refractivity contribution in [3.63, 3.8) is 0 Å². The maximum atomic E-state index is 13.0. The molecular formula is C28H24IN3O3S. The minimum absolute atomic E-state index is 0.0122. The van der Waals surface area contributed by atoms with E-state index in [9.17, 15) is 9.59 Å². The molecular weight excluding hydrogens is 585 g/mol. The summed E-state index contributed by atoms with van der Waals surface area (Å²) in [6.07, 6.45) is 0.742. The van der Waals surface area contributed by atoms with Gasteiger partial charge in [0, 0.05) is 28.1 Å². The van der Waals surface area contributed by atoms with E-state index in [1.54, 1.807) is 19.2 Å². The lowest BCUT2D eigenvalue weighted by molar-refractivity contribution is -0.120. The van der Waals surface area contributed by atoms with Crippen LogP contribution in [0.25, 0.3) is 11.3 Å². The number of hydrogen-bond donors (Lipinski definition) is 2. The Kier molecular flexibility index (Phi) is 7.06. The third kappa shape index (κ3) is 5.01. The van der Waals surface area contributed by atoms with Crippen molar-refractivity contribution in [2.75, 3.05) is 17.7 Å². The van der Waals surface area contributed by atoms with Gasteiger partial charge in [-0.05, 0) is 76.4 Å². The fourth-order valence-electron chi connectivity index (χ4n) is 4.54. The molecule has 0 fully saturated rings. The van der Waals surface area contributed by atoms with Crippen LogP contribution >= 0.6 is 33.9 Å². The summed E-state index contributed by atoms with van der Waals surface area (Å²) in [4.78, 5) is 30.5. The van der Waals surface area contributed by atoms with E-state index in [1.165, 1.54) is 22.5 Å².